The minimum atomic E-state index is -4.44. The molecule has 2 rings (SSSR count). The Hall–Kier alpha value is -2.61. The van der Waals surface area contributed by atoms with Gasteiger partial charge in [0.15, 0.2) is 0 Å². The van der Waals surface area contributed by atoms with Crippen LogP contribution in [0.4, 0.5) is 18.9 Å². The molecular formula is C16H12ClF3N2O3. The quantitative estimate of drug-likeness (QED) is 0.584. The summed E-state index contributed by atoms with van der Waals surface area (Å²) in [5.74, 6) is -0.658. The van der Waals surface area contributed by atoms with Crippen LogP contribution in [0.1, 0.15) is 21.5 Å². The molecule has 2 aromatic rings. The molecule has 0 saturated carbocycles. The van der Waals surface area contributed by atoms with Gasteiger partial charge in [-0.1, -0.05) is 23.7 Å². The molecule has 0 heterocycles. The van der Waals surface area contributed by atoms with Crippen molar-refractivity contribution < 1.29 is 22.9 Å². The van der Waals surface area contributed by atoms with E-state index in [1.165, 1.54) is 36.2 Å². The van der Waals surface area contributed by atoms with Gasteiger partial charge in [0.2, 0.25) is 0 Å². The van der Waals surface area contributed by atoms with E-state index in [0.717, 1.165) is 18.2 Å². The van der Waals surface area contributed by atoms with Gasteiger partial charge in [0.05, 0.1) is 10.5 Å². The largest absolute Gasteiger partial charge is 0.416 e. The Labute approximate surface area is 145 Å². The second-order valence-electron chi connectivity index (χ2n) is 5.27. The van der Waals surface area contributed by atoms with E-state index in [4.69, 9.17) is 11.6 Å². The lowest BCUT2D eigenvalue weighted by Crippen LogP contribution is -2.27. The number of halogens is 4. The maximum Gasteiger partial charge on any atom is 0.416 e. The van der Waals surface area contributed by atoms with E-state index in [1.807, 2.05) is 0 Å². The number of hydrogen-bond acceptors (Lipinski definition) is 3. The van der Waals surface area contributed by atoms with Gasteiger partial charge in [0, 0.05) is 24.7 Å². The van der Waals surface area contributed by atoms with Gasteiger partial charge >= 0.3 is 6.18 Å². The SMILES string of the molecule is CN(Cc1ccc(C(F)(F)F)cc1)C(=O)c1cc(Cl)ccc1[N+](=O)[O-]. The van der Waals surface area contributed by atoms with E-state index in [0.29, 0.717) is 5.56 Å². The topological polar surface area (TPSA) is 63.5 Å². The zero-order valence-electron chi connectivity index (χ0n) is 12.9. The van der Waals surface area contributed by atoms with Crippen LogP contribution in [0.25, 0.3) is 0 Å². The monoisotopic (exact) mass is 372 g/mol. The molecule has 25 heavy (non-hydrogen) atoms. The number of nitro groups is 1. The van der Waals surface area contributed by atoms with Crippen LogP contribution in [0.2, 0.25) is 5.02 Å². The van der Waals surface area contributed by atoms with Gasteiger partial charge in [-0.05, 0) is 29.8 Å². The molecule has 0 radical (unpaired) electrons. The molecule has 1 amide bonds. The lowest BCUT2D eigenvalue weighted by molar-refractivity contribution is -0.385. The van der Waals surface area contributed by atoms with Gasteiger partial charge in [0.25, 0.3) is 11.6 Å². The summed E-state index contributed by atoms with van der Waals surface area (Å²) in [6.07, 6.45) is -4.44. The average Bonchev–Trinajstić information content (AvgIpc) is 2.53. The van der Waals surface area contributed by atoms with Gasteiger partial charge in [0.1, 0.15) is 5.56 Å². The van der Waals surface area contributed by atoms with E-state index < -0.39 is 28.3 Å². The summed E-state index contributed by atoms with van der Waals surface area (Å²) in [6, 6.07) is 7.93. The van der Waals surface area contributed by atoms with E-state index in [2.05, 4.69) is 0 Å². The maximum absolute atomic E-state index is 12.5. The molecule has 0 atom stereocenters. The van der Waals surface area contributed by atoms with Crippen LogP contribution in [-0.2, 0) is 12.7 Å². The number of rotatable bonds is 4. The van der Waals surface area contributed by atoms with Crippen LogP contribution in [0.15, 0.2) is 42.5 Å². The number of amides is 1. The van der Waals surface area contributed by atoms with Gasteiger partial charge in [-0.15, -0.1) is 0 Å². The lowest BCUT2D eigenvalue weighted by Gasteiger charge is -2.18. The summed E-state index contributed by atoms with van der Waals surface area (Å²) in [6.45, 7) is -0.0133. The first-order chi connectivity index (χ1) is 11.6. The normalized spacial score (nSPS) is 11.2. The van der Waals surface area contributed by atoms with Crippen LogP contribution in [0, 0.1) is 10.1 Å². The van der Waals surface area contributed by atoms with Gasteiger partial charge in [-0.3, -0.25) is 14.9 Å². The first kappa shape index (κ1) is 18.7. The van der Waals surface area contributed by atoms with Crippen molar-refractivity contribution in [1.82, 2.24) is 4.90 Å². The van der Waals surface area contributed by atoms with Crippen LogP contribution in [0.3, 0.4) is 0 Å². The van der Waals surface area contributed by atoms with E-state index in [-0.39, 0.29) is 17.1 Å². The summed E-state index contributed by atoms with van der Waals surface area (Å²) in [4.78, 5) is 23.9. The van der Waals surface area contributed by atoms with Crippen molar-refractivity contribution in [3.05, 3.63) is 74.3 Å². The van der Waals surface area contributed by atoms with E-state index >= 15 is 0 Å². The highest BCUT2D eigenvalue weighted by Crippen LogP contribution is 2.29. The van der Waals surface area contributed by atoms with Crippen LogP contribution >= 0.6 is 11.6 Å². The molecule has 0 fully saturated rings. The van der Waals surface area contributed by atoms with Gasteiger partial charge in [-0.2, -0.15) is 13.2 Å². The fourth-order valence-corrected chi connectivity index (χ4v) is 2.36. The van der Waals surface area contributed by atoms with Crippen molar-refractivity contribution in [2.75, 3.05) is 7.05 Å². The molecule has 0 aromatic heterocycles. The third-order valence-corrected chi connectivity index (χ3v) is 3.67. The fourth-order valence-electron chi connectivity index (χ4n) is 2.19. The zero-order valence-corrected chi connectivity index (χ0v) is 13.6. The molecule has 0 spiro atoms. The molecule has 0 N–H and O–H groups in total. The molecule has 132 valence electrons. The van der Waals surface area contributed by atoms with Gasteiger partial charge in [-0.25, -0.2) is 0 Å². The summed E-state index contributed by atoms with van der Waals surface area (Å²) in [5.41, 5.74) is -0.926. The summed E-state index contributed by atoms with van der Waals surface area (Å²) < 4.78 is 37.6. The van der Waals surface area contributed by atoms with E-state index in [9.17, 15) is 28.1 Å². The first-order valence-electron chi connectivity index (χ1n) is 6.95. The van der Waals surface area contributed by atoms with Crippen LogP contribution in [-0.4, -0.2) is 22.8 Å². The number of alkyl halides is 3. The van der Waals surface area contributed by atoms with Crippen molar-refractivity contribution in [2.45, 2.75) is 12.7 Å². The standard InChI is InChI=1S/C16H12ClF3N2O3/c1-21(9-10-2-4-11(5-3-10)16(18,19)20)15(23)13-8-12(17)6-7-14(13)22(24)25/h2-8H,9H2,1H3. The van der Waals surface area contributed by atoms with Crippen molar-refractivity contribution in [3.63, 3.8) is 0 Å². The molecule has 5 nitrogen and oxygen atoms in total. The Kier molecular flexibility index (Phi) is 5.32. The first-order valence-corrected chi connectivity index (χ1v) is 7.33. The van der Waals surface area contributed by atoms with Crippen molar-refractivity contribution in [3.8, 4) is 0 Å². The minimum absolute atomic E-state index is 0.0133. The summed E-state index contributed by atoms with van der Waals surface area (Å²) in [5, 5.41) is 11.2. The van der Waals surface area contributed by atoms with E-state index in [1.54, 1.807) is 0 Å². The third-order valence-electron chi connectivity index (χ3n) is 3.43. The molecular weight excluding hydrogens is 361 g/mol. The number of carbonyl (C=O) groups is 1. The molecule has 0 aliphatic carbocycles. The number of benzene rings is 2. The lowest BCUT2D eigenvalue weighted by atomic mass is 10.1. The highest BCUT2D eigenvalue weighted by Gasteiger charge is 2.30. The molecule has 0 unspecified atom stereocenters. The van der Waals surface area contributed by atoms with Crippen molar-refractivity contribution >= 4 is 23.2 Å². The number of nitrogens with zero attached hydrogens (tertiary/aromatic N) is 2. The summed E-state index contributed by atoms with van der Waals surface area (Å²) >= 11 is 5.79. The fraction of sp³-hybridized carbons (Fsp3) is 0.188. The van der Waals surface area contributed by atoms with Crippen LogP contribution < -0.4 is 0 Å². The molecule has 2 aromatic carbocycles. The second-order valence-corrected chi connectivity index (χ2v) is 5.71. The number of hydrogen-bond donors (Lipinski definition) is 0. The van der Waals surface area contributed by atoms with Crippen LogP contribution in [0.5, 0.6) is 0 Å². The predicted octanol–water partition coefficient (Wildman–Crippen LogP) is 4.54. The number of carbonyl (C=O) groups excluding carboxylic acids is 1. The Morgan fingerprint density at radius 1 is 1.20 bits per heavy atom. The smallest absolute Gasteiger partial charge is 0.337 e. The molecule has 9 heteroatoms. The Morgan fingerprint density at radius 3 is 2.32 bits per heavy atom. The molecule has 0 saturated heterocycles. The molecule has 0 bridgehead atoms. The highest BCUT2D eigenvalue weighted by atomic mass is 35.5. The van der Waals surface area contributed by atoms with Gasteiger partial charge < -0.3 is 4.90 Å². The van der Waals surface area contributed by atoms with Crippen molar-refractivity contribution in [2.24, 2.45) is 0 Å². The molecule has 0 aliphatic heterocycles. The van der Waals surface area contributed by atoms with Crippen molar-refractivity contribution in [1.29, 1.82) is 0 Å². The Morgan fingerprint density at radius 2 is 1.80 bits per heavy atom. The second kappa shape index (κ2) is 7.10. The maximum atomic E-state index is 12.5. The highest BCUT2D eigenvalue weighted by molar-refractivity contribution is 6.31. The number of nitro benzene ring substituents is 1. The minimum Gasteiger partial charge on any atom is -0.337 e. The Bertz CT molecular complexity index is 807. The third kappa shape index (κ3) is 4.48. The Balaban J connectivity index is 2.21. The predicted molar refractivity (Wildman–Crippen MR) is 85.3 cm³/mol. The molecule has 0 aliphatic rings. The summed E-state index contributed by atoms with van der Waals surface area (Å²) in [7, 11) is 1.39. The average molecular weight is 373 g/mol. The zero-order chi connectivity index (χ0) is 18.8.